The molecule has 0 bridgehead atoms. The Morgan fingerprint density at radius 1 is 1.10 bits per heavy atom. The molecular formula is C24H27FN2O3S. The van der Waals surface area contributed by atoms with E-state index in [1.165, 1.54) is 19.2 Å². The smallest absolute Gasteiger partial charge is 0.240 e. The van der Waals surface area contributed by atoms with E-state index in [9.17, 15) is 12.8 Å². The third-order valence-corrected chi connectivity index (χ3v) is 7.91. The molecule has 0 saturated heterocycles. The van der Waals surface area contributed by atoms with E-state index in [1.807, 2.05) is 13.0 Å². The lowest BCUT2D eigenvalue weighted by Crippen LogP contribution is -2.39. The van der Waals surface area contributed by atoms with Gasteiger partial charge in [0.2, 0.25) is 10.0 Å². The summed E-state index contributed by atoms with van der Waals surface area (Å²) in [4.78, 5) is 4.56. The zero-order valence-electron chi connectivity index (χ0n) is 17.7. The summed E-state index contributed by atoms with van der Waals surface area (Å²) in [6.45, 7) is 1.93. The summed E-state index contributed by atoms with van der Waals surface area (Å²) in [5.41, 5.74) is 1.94. The van der Waals surface area contributed by atoms with Gasteiger partial charge in [0.05, 0.1) is 17.5 Å². The first-order chi connectivity index (χ1) is 14.9. The lowest BCUT2D eigenvalue weighted by atomic mass is 9.76. The van der Waals surface area contributed by atoms with Crippen LogP contribution in [0.5, 0.6) is 5.75 Å². The minimum absolute atomic E-state index is 0.177. The van der Waals surface area contributed by atoms with Gasteiger partial charge >= 0.3 is 0 Å². The molecule has 0 radical (unpaired) electrons. The number of pyridine rings is 1. The normalized spacial score (nSPS) is 20.5. The molecule has 0 unspecified atom stereocenters. The highest BCUT2D eigenvalue weighted by Crippen LogP contribution is 2.39. The Morgan fingerprint density at radius 2 is 1.87 bits per heavy atom. The van der Waals surface area contributed by atoms with Crippen molar-refractivity contribution in [2.75, 3.05) is 7.11 Å². The van der Waals surface area contributed by atoms with Gasteiger partial charge in [0.25, 0.3) is 0 Å². The Morgan fingerprint density at radius 3 is 2.61 bits per heavy atom. The van der Waals surface area contributed by atoms with Crippen LogP contribution in [0.15, 0.2) is 59.6 Å². The van der Waals surface area contributed by atoms with Crippen LogP contribution in [0.1, 0.15) is 44.1 Å². The quantitative estimate of drug-likeness (QED) is 0.582. The van der Waals surface area contributed by atoms with Crippen LogP contribution in [0.4, 0.5) is 4.39 Å². The Kier molecular flexibility index (Phi) is 6.25. The monoisotopic (exact) mass is 442 g/mol. The maximum absolute atomic E-state index is 13.8. The van der Waals surface area contributed by atoms with E-state index >= 15 is 0 Å². The molecule has 1 aliphatic carbocycles. The lowest BCUT2D eigenvalue weighted by molar-refractivity contribution is 0.281. The number of methoxy groups -OCH3 is 1. The third-order valence-electron chi connectivity index (χ3n) is 6.35. The first-order valence-corrected chi connectivity index (χ1v) is 12.1. The number of rotatable bonds is 6. The minimum Gasteiger partial charge on any atom is -0.497 e. The van der Waals surface area contributed by atoms with Gasteiger partial charge in [-0.1, -0.05) is 6.07 Å². The molecule has 0 aliphatic heterocycles. The number of nitrogens with one attached hydrogen (secondary N) is 1. The summed E-state index contributed by atoms with van der Waals surface area (Å²) < 4.78 is 47.4. The van der Waals surface area contributed by atoms with Crippen LogP contribution in [0, 0.1) is 11.7 Å². The van der Waals surface area contributed by atoms with E-state index in [0.717, 1.165) is 42.1 Å². The number of nitrogens with zero attached hydrogens (tertiary/aromatic N) is 1. The van der Waals surface area contributed by atoms with Crippen LogP contribution in [0.25, 0.3) is 10.9 Å². The fraction of sp³-hybridized carbons (Fsp3) is 0.375. The Hall–Kier alpha value is -2.51. The Balaban J connectivity index is 1.43. The first kappa shape index (κ1) is 21.7. The summed E-state index contributed by atoms with van der Waals surface area (Å²) in [5, 5.41) is 0.873. The lowest BCUT2D eigenvalue weighted by Gasteiger charge is -2.33. The summed E-state index contributed by atoms with van der Waals surface area (Å²) in [5.74, 6) is 0.834. The van der Waals surface area contributed by atoms with Crippen molar-refractivity contribution in [2.45, 2.75) is 49.5 Å². The van der Waals surface area contributed by atoms with Crippen molar-refractivity contribution in [1.82, 2.24) is 9.71 Å². The van der Waals surface area contributed by atoms with Gasteiger partial charge in [-0.3, -0.25) is 4.98 Å². The highest BCUT2D eigenvalue weighted by atomic mass is 32.2. The molecule has 1 N–H and O–H groups in total. The molecule has 2 aromatic carbocycles. The van der Waals surface area contributed by atoms with Gasteiger partial charge in [-0.25, -0.2) is 17.5 Å². The predicted molar refractivity (Wildman–Crippen MR) is 119 cm³/mol. The van der Waals surface area contributed by atoms with Crippen LogP contribution in [-0.2, 0) is 10.0 Å². The van der Waals surface area contributed by atoms with Gasteiger partial charge in [0.1, 0.15) is 11.6 Å². The van der Waals surface area contributed by atoms with Gasteiger partial charge in [-0.05, 0) is 86.4 Å². The van der Waals surface area contributed by atoms with Crippen LogP contribution < -0.4 is 9.46 Å². The highest BCUT2D eigenvalue weighted by molar-refractivity contribution is 7.89. The fourth-order valence-corrected chi connectivity index (χ4v) is 5.95. The number of fused-ring (bicyclic) bond motifs is 1. The largest absolute Gasteiger partial charge is 0.497 e. The predicted octanol–water partition coefficient (Wildman–Crippen LogP) is 5.02. The maximum Gasteiger partial charge on any atom is 0.240 e. The number of hydrogen-bond acceptors (Lipinski definition) is 4. The van der Waals surface area contributed by atoms with E-state index in [2.05, 4.69) is 9.71 Å². The second kappa shape index (κ2) is 8.93. The summed E-state index contributed by atoms with van der Waals surface area (Å²) in [6, 6.07) is 13.0. The first-order valence-electron chi connectivity index (χ1n) is 10.6. The molecular weight excluding hydrogens is 415 g/mol. The molecule has 164 valence electrons. The molecule has 1 aromatic heterocycles. The van der Waals surface area contributed by atoms with Gasteiger partial charge in [0, 0.05) is 23.7 Å². The van der Waals surface area contributed by atoms with Gasteiger partial charge in [0.15, 0.2) is 0 Å². The third kappa shape index (κ3) is 4.72. The number of aromatic nitrogens is 1. The second-order valence-corrected chi connectivity index (χ2v) is 9.98. The second-order valence-electron chi connectivity index (χ2n) is 8.26. The molecule has 7 heteroatoms. The SMILES string of the molecule is COc1cccc(S(=O)(=O)N[C@H](C)[C@H]2CC[C@H](c3ccnc4ccc(F)cc43)CC2)c1. The Labute approximate surface area is 182 Å². The standard InChI is InChI=1S/C24H27FN2O3S/c1-16(27-31(28,29)21-5-3-4-20(15-21)30-2)17-6-8-18(9-7-17)22-12-13-26-24-11-10-19(25)14-23(22)24/h3-5,10-18,27H,6-9H2,1-2H3/t16-,17-,18-/m1/s1. The van der Waals surface area contributed by atoms with Gasteiger partial charge in [-0.2, -0.15) is 0 Å². The van der Waals surface area contributed by atoms with Gasteiger partial charge < -0.3 is 4.74 Å². The summed E-state index contributed by atoms with van der Waals surface area (Å²) >= 11 is 0. The van der Waals surface area contributed by atoms with Crippen molar-refractivity contribution in [3.05, 3.63) is 66.1 Å². The van der Waals surface area contributed by atoms with Crippen molar-refractivity contribution in [2.24, 2.45) is 5.92 Å². The zero-order chi connectivity index (χ0) is 22.0. The number of hydrogen-bond donors (Lipinski definition) is 1. The average molecular weight is 443 g/mol. The molecule has 1 saturated carbocycles. The van der Waals surface area contributed by atoms with Crippen LogP contribution in [0.3, 0.4) is 0 Å². The number of benzene rings is 2. The average Bonchev–Trinajstić information content (AvgIpc) is 2.78. The van der Waals surface area contributed by atoms with Gasteiger partial charge in [-0.15, -0.1) is 0 Å². The maximum atomic E-state index is 13.8. The van der Waals surface area contributed by atoms with E-state index in [4.69, 9.17) is 4.74 Å². The highest BCUT2D eigenvalue weighted by Gasteiger charge is 2.29. The molecule has 1 atom stereocenters. The molecule has 1 aliphatic rings. The molecule has 1 fully saturated rings. The van der Waals surface area contributed by atoms with E-state index < -0.39 is 10.0 Å². The van der Waals surface area contributed by atoms with Crippen molar-refractivity contribution in [3.8, 4) is 5.75 Å². The summed E-state index contributed by atoms with van der Waals surface area (Å²) in [7, 11) is -2.11. The molecule has 0 spiro atoms. The van der Waals surface area contributed by atoms with Crippen molar-refractivity contribution < 1.29 is 17.5 Å². The Bertz CT molecular complexity index is 1170. The molecule has 5 nitrogen and oxygen atoms in total. The van der Waals surface area contributed by atoms with Crippen LogP contribution >= 0.6 is 0 Å². The molecule has 4 rings (SSSR count). The molecule has 3 aromatic rings. The fourth-order valence-electron chi connectivity index (χ4n) is 4.60. The number of ether oxygens (including phenoxy) is 1. The molecule has 0 amide bonds. The van der Waals surface area contributed by atoms with E-state index in [1.54, 1.807) is 36.5 Å². The molecule has 1 heterocycles. The van der Waals surface area contributed by atoms with Crippen molar-refractivity contribution in [1.29, 1.82) is 0 Å². The minimum atomic E-state index is -3.62. The van der Waals surface area contributed by atoms with E-state index in [-0.39, 0.29) is 22.7 Å². The molecule has 31 heavy (non-hydrogen) atoms. The summed E-state index contributed by atoms with van der Waals surface area (Å²) in [6.07, 6.45) is 5.47. The van der Waals surface area contributed by atoms with Crippen LogP contribution in [0.2, 0.25) is 0 Å². The van der Waals surface area contributed by atoms with E-state index in [0.29, 0.717) is 11.7 Å². The zero-order valence-corrected chi connectivity index (χ0v) is 18.5. The number of sulfonamides is 1. The van der Waals surface area contributed by atoms with Crippen molar-refractivity contribution in [3.63, 3.8) is 0 Å². The topological polar surface area (TPSA) is 68.3 Å². The van der Waals surface area contributed by atoms with Crippen LogP contribution in [-0.4, -0.2) is 26.6 Å². The number of halogens is 1. The van der Waals surface area contributed by atoms with Crippen molar-refractivity contribution >= 4 is 20.9 Å².